The zero-order valence-electron chi connectivity index (χ0n) is 12.5. The number of hydrazone groups is 1. The number of fused-ring (bicyclic) bond motifs is 1. The second-order valence-electron chi connectivity index (χ2n) is 5.09. The number of nitrogens with one attached hydrogen (secondary N) is 1. The van der Waals surface area contributed by atoms with E-state index in [4.69, 9.17) is 4.42 Å². The van der Waals surface area contributed by atoms with Gasteiger partial charge in [-0.3, -0.25) is 4.79 Å². The number of carbonyl (C=O) groups is 1. The Hall–Kier alpha value is -2.88. The molecule has 0 saturated heterocycles. The largest absolute Gasteiger partial charge is 0.466 e. The average molecular weight is 292 g/mol. The lowest BCUT2D eigenvalue weighted by molar-refractivity contribution is 0.0953. The Bertz CT molecular complexity index is 857. The van der Waals surface area contributed by atoms with E-state index in [-0.39, 0.29) is 5.91 Å². The predicted molar refractivity (Wildman–Crippen MR) is 87.2 cm³/mol. The molecule has 3 rings (SSSR count). The molecule has 0 atom stereocenters. The van der Waals surface area contributed by atoms with E-state index in [1.54, 1.807) is 19.2 Å². The summed E-state index contributed by atoms with van der Waals surface area (Å²) in [5.41, 5.74) is 4.00. The number of nitrogens with zero attached hydrogens (tertiary/aromatic N) is 1. The summed E-state index contributed by atoms with van der Waals surface area (Å²) in [6, 6.07) is 15.7. The molecule has 2 aromatic carbocycles. The maximum absolute atomic E-state index is 12.0. The van der Waals surface area contributed by atoms with Gasteiger partial charge in [0.1, 0.15) is 11.5 Å². The molecule has 1 aromatic heterocycles. The van der Waals surface area contributed by atoms with Gasteiger partial charge in [0, 0.05) is 5.56 Å². The number of amides is 1. The topological polar surface area (TPSA) is 54.6 Å². The molecule has 1 amide bonds. The molecule has 110 valence electrons. The van der Waals surface area contributed by atoms with Gasteiger partial charge in [-0.2, -0.15) is 5.10 Å². The monoisotopic (exact) mass is 292 g/mol. The van der Waals surface area contributed by atoms with Crippen LogP contribution in [0.2, 0.25) is 0 Å². The van der Waals surface area contributed by atoms with Crippen molar-refractivity contribution in [2.75, 3.05) is 0 Å². The van der Waals surface area contributed by atoms with Gasteiger partial charge < -0.3 is 4.42 Å². The Kier molecular flexibility index (Phi) is 3.74. The number of carbonyl (C=O) groups excluding carboxylic acids is 1. The summed E-state index contributed by atoms with van der Waals surface area (Å²) in [6.45, 7) is 3.57. The molecular formula is C18H16N2O2. The quantitative estimate of drug-likeness (QED) is 0.589. The first-order valence-corrected chi connectivity index (χ1v) is 7.03. The van der Waals surface area contributed by atoms with Crippen LogP contribution in [0.5, 0.6) is 0 Å². The maximum atomic E-state index is 12.0. The lowest BCUT2D eigenvalue weighted by Crippen LogP contribution is -2.17. The summed E-state index contributed by atoms with van der Waals surface area (Å²) in [6.07, 6.45) is 1.66. The maximum Gasteiger partial charge on any atom is 0.274 e. The van der Waals surface area contributed by atoms with Gasteiger partial charge in [0.25, 0.3) is 5.91 Å². The Labute approximate surface area is 128 Å². The lowest BCUT2D eigenvalue weighted by Gasteiger charge is -2.01. The van der Waals surface area contributed by atoms with Crippen molar-refractivity contribution in [2.24, 2.45) is 5.10 Å². The molecule has 0 fully saturated rings. The summed E-state index contributed by atoms with van der Waals surface area (Å²) in [5.74, 6) is 1.03. The molecule has 0 unspecified atom stereocenters. The number of aryl methyl sites for hydroxylation is 2. The highest BCUT2D eigenvalue weighted by molar-refractivity contribution is 6.00. The molecule has 3 aromatic rings. The van der Waals surface area contributed by atoms with Crippen LogP contribution in [-0.4, -0.2) is 12.1 Å². The third-order valence-corrected chi connectivity index (χ3v) is 3.48. The first kappa shape index (κ1) is 14.1. The summed E-state index contributed by atoms with van der Waals surface area (Å²) < 4.78 is 5.35. The zero-order chi connectivity index (χ0) is 15.5. The van der Waals surface area contributed by atoms with Crippen molar-refractivity contribution in [3.05, 3.63) is 71.2 Å². The minimum Gasteiger partial charge on any atom is -0.466 e. The van der Waals surface area contributed by atoms with E-state index in [0.29, 0.717) is 17.1 Å². The Morgan fingerprint density at radius 1 is 1.14 bits per heavy atom. The highest BCUT2D eigenvalue weighted by Gasteiger charge is 2.12. The van der Waals surface area contributed by atoms with Crippen molar-refractivity contribution >= 4 is 22.9 Å². The van der Waals surface area contributed by atoms with Crippen molar-refractivity contribution in [1.82, 2.24) is 5.43 Å². The molecule has 0 spiro atoms. The molecule has 0 aliphatic heterocycles. The van der Waals surface area contributed by atoms with E-state index < -0.39 is 0 Å². The summed E-state index contributed by atoms with van der Waals surface area (Å²) in [7, 11) is 0. The number of hydrogen-bond acceptors (Lipinski definition) is 3. The minimum atomic E-state index is -0.272. The van der Waals surface area contributed by atoms with Crippen LogP contribution in [0.1, 0.15) is 27.4 Å². The van der Waals surface area contributed by atoms with E-state index >= 15 is 0 Å². The molecule has 1 heterocycles. The fourth-order valence-corrected chi connectivity index (χ4v) is 2.44. The zero-order valence-corrected chi connectivity index (χ0v) is 12.5. The highest BCUT2D eigenvalue weighted by Crippen LogP contribution is 2.17. The second-order valence-corrected chi connectivity index (χ2v) is 5.09. The SMILES string of the molecule is Cc1cc(C(=O)N/N=C\c2cccc3ccccc23)c(C)o1. The highest BCUT2D eigenvalue weighted by atomic mass is 16.3. The predicted octanol–water partition coefficient (Wildman–Crippen LogP) is 3.81. The Balaban J connectivity index is 1.79. The molecule has 0 saturated carbocycles. The van der Waals surface area contributed by atoms with Crippen LogP contribution < -0.4 is 5.43 Å². The normalized spacial score (nSPS) is 11.2. The average Bonchev–Trinajstić information content (AvgIpc) is 2.86. The van der Waals surface area contributed by atoms with Gasteiger partial charge in [-0.05, 0) is 30.7 Å². The molecule has 0 aliphatic carbocycles. The number of rotatable bonds is 3. The first-order valence-electron chi connectivity index (χ1n) is 7.03. The smallest absolute Gasteiger partial charge is 0.274 e. The fraction of sp³-hybridized carbons (Fsp3) is 0.111. The number of furan rings is 1. The summed E-state index contributed by atoms with van der Waals surface area (Å²) >= 11 is 0. The van der Waals surface area contributed by atoms with Crippen LogP contribution in [0.3, 0.4) is 0 Å². The molecule has 0 radical (unpaired) electrons. The van der Waals surface area contributed by atoms with Crippen molar-refractivity contribution in [2.45, 2.75) is 13.8 Å². The van der Waals surface area contributed by atoms with E-state index in [1.807, 2.05) is 49.4 Å². The van der Waals surface area contributed by atoms with Gasteiger partial charge in [-0.25, -0.2) is 5.43 Å². The van der Waals surface area contributed by atoms with Gasteiger partial charge in [-0.15, -0.1) is 0 Å². The minimum absolute atomic E-state index is 0.272. The molecule has 4 heteroatoms. The van der Waals surface area contributed by atoms with Gasteiger partial charge in [-0.1, -0.05) is 42.5 Å². The molecule has 1 N–H and O–H groups in total. The van der Waals surface area contributed by atoms with Gasteiger partial charge in [0.2, 0.25) is 0 Å². The first-order chi connectivity index (χ1) is 10.6. The van der Waals surface area contributed by atoms with Gasteiger partial charge in [0.15, 0.2) is 0 Å². The van der Waals surface area contributed by atoms with Crippen molar-refractivity contribution in [1.29, 1.82) is 0 Å². The van der Waals surface area contributed by atoms with Crippen LogP contribution in [0, 0.1) is 13.8 Å². The summed E-state index contributed by atoms with van der Waals surface area (Å²) in [5, 5.41) is 6.29. The number of benzene rings is 2. The van der Waals surface area contributed by atoms with Gasteiger partial charge in [0.05, 0.1) is 11.8 Å². The van der Waals surface area contributed by atoms with E-state index in [9.17, 15) is 4.79 Å². The van der Waals surface area contributed by atoms with Crippen LogP contribution in [0.15, 0.2) is 58.0 Å². The van der Waals surface area contributed by atoms with Crippen LogP contribution in [0.4, 0.5) is 0 Å². The third-order valence-electron chi connectivity index (χ3n) is 3.48. The third kappa shape index (κ3) is 2.76. The van der Waals surface area contributed by atoms with E-state index in [1.165, 1.54) is 0 Å². The lowest BCUT2D eigenvalue weighted by atomic mass is 10.1. The second kappa shape index (κ2) is 5.85. The van der Waals surface area contributed by atoms with Gasteiger partial charge >= 0.3 is 0 Å². The standard InChI is InChI=1S/C18H16N2O2/c1-12-10-17(13(2)22-12)18(21)20-19-11-15-8-5-7-14-6-3-4-9-16(14)15/h3-11H,1-2H3,(H,20,21)/b19-11-. The van der Waals surface area contributed by atoms with Crippen LogP contribution >= 0.6 is 0 Å². The van der Waals surface area contributed by atoms with E-state index in [0.717, 1.165) is 16.3 Å². The van der Waals surface area contributed by atoms with E-state index in [2.05, 4.69) is 10.5 Å². The fourth-order valence-electron chi connectivity index (χ4n) is 2.44. The molecule has 22 heavy (non-hydrogen) atoms. The van der Waals surface area contributed by atoms with Crippen LogP contribution in [-0.2, 0) is 0 Å². The molecular weight excluding hydrogens is 276 g/mol. The Morgan fingerprint density at radius 2 is 1.91 bits per heavy atom. The molecule has 4 nitrogen and oxygen atoms in total. The number of hydrogen-bond donors (Lipinski definition) is 1. The van der Waals surface area contributed by atoms with Crippen molar-refractivity contribution in [3.8, 4) is 0 Å². The molecule has 0 aliphatic rings. The van der Waals surface area contributed by atoms with Crippen molar-refractivity contribution < 1.29 is 9.21 Å². The molecule has 0 bridgehead atoms. The summed E-state index contributed by atoms with van der Waals surface area (Å²) in [4.78, 5) is 12.0. The Morgan fingerprint density at radius 3 is 2.68 bits per heavy atom. The van der Waals surface area contributed by atoms with Crippen molar-refractivity contribution in [3.63, 3.8) is 0 Å². The van der Waals surface area contributed by atoms with Crippen LogP contribution in [0.25, 0.3) is 10.8 Å².